The summed E-state index contributed by atoms with van der Waals surface area (Å²) < 4.78 is 10.6. The molecule has 3 aromatic rings. The van der Waals surface area contributed by atoms with Crippen LogP contribution in [0.1, 0.15) is 31.0 Å². The molecule has 3 aromatic carbocycles. The first kappa shape index (κ1) is 21.4. The zero-order valence-corrected chi connectivity index (χ0v) is 17.9. The van der Waals surface area contributed by atoms with E-state index in [1.54, 1.807) is 14.2 Å². The number of amides is 1. The summed E-state index contributed by atoms with van der Waals surface area (Å²) in [4.78, 5) is 11.7. The highest BCUT2D eigenvalue weighted by Crippen LogP contribution is 2.31. The van der Waals surface area contributed by atoms with Crippen molar-refractivity contribution in [3.05, 3.63) is 77.9 Å². The Morgan fingerprint density at radius 1 is 0.933 bits per heavy atom. The Kier molecular flexibility index (Phi) is 7.09. The molecule has 1 amide bonds. The molecule has 0 aromatic heterocycles. The van der Waals surface area contributed by atoms with E-state index < -0.39 is 0 Å². The highest BCUT2D eigenvalue weighted by molar-refractivity contribution is 5.94. The molecule has 0 fully saturated rings. The first-order valence-corrected chi connectivity index (χ1v) is 9.92. The van der Waals surface area contributed by atoms with Crippen LogP contribution in [0.15, 0.2) is 66.7 Å². The summed E-state index contributed by atoms with van der Waals surface area (Å²) in [6.07, 6.45) is 0. The Hall–Kier alpha value is -3.31. The van der Waals surface area contributed by atoms with Gasteiger partial charge in [0.05, 0.1) is 14.2 Å². The number of methoxy groups -OCH3 is 2. The zero-order chi connectivity index (χ0) is 21.5. The van der Waals surface area contributed by atoms with Crippen molar-refractivity contribution in [2.24, 2.45) is 0 Å². The predicted molar refractivity (Wildman–Crippen MR) is 121 cm³/mol. The first-order chi connectivity index (χ1) is 14.5. The van der Waals surface area contributed by atoms with Crippen molar-refractivity contribution in [1.82, 2.24) is 5.32 Å². The topological polar surface area (TPSA) is 59.6 Å². The van der Waals surface area contributed by atoms with Crippen LogP contribution in [0.25, 0.3) is 11.1 Å². The van der Waals surface area contributed by atoms with Gasteiger partial charge in [0, 0.05) is 30.8 Å². The molecule has 3 rings (SSSR count). The maximum Gasteiger partial charge on any atom is 0.221 e. The first-order valence-electron chi connectivity index (χ1n) is 9.92. The SMILES string of the molecule is COc1ccc(-c2cc(CNC(C)c3cccc(OC)c3)ccc2NC(C)=O)cc1. The third-order valence-electron chi connectivity index (χ3n) is 5.00. The van der Waals surface area contributed by atoms with E-state index in [1.165, 1.54) is 12.5 Å². The highest BCUT2D eigenvalue weighted by Gasteiger charge is 2.10. The molecule has 0 aliphatic heterocycles. The van der Waals surface area contributed by atoms with Gasteiger partial charge in [0.25, 0.3) is 0 Å². The van der Waals surface area contributed by atoms with Gasteiger partial charge in [-0.2, -0.15) is 0 Å². The fourth-order valence-electron chi connectivity index (χ4n) is 3.31. The monoisotopic (exact) mass is 404 g/mol. The Morgan fingerprint density at radius 3 is 2.33 bits per heavy atom. The van der Waals surface area contributed by atoms with Crippen molar-refractivity contribution in [1.29, 1.82) is 0 Å². The number of carbonyl (C=O) groups excluding carboxylic acids is 1. The number of ether oxygens (including phenoxy) is 2. The summed E-state index contributed by atoms with van der Waals surface area (Å²) in [5, 5.41) is 6.49. The summed E-state index contributed by atoms with van der Waals surface area (Å²) in [6.45, 7) is 4.34. The molecule has 2 N–H and O–H groups in total. The van der Waals surface area contributed by atoms with Gasteiger partial charge in [-0.05, 0) is 60.0 Å². The summed E-state index contributed by atoms with van der Waals surface area (Å²) in [5.74, 6) is 1.55. The molecule has 0 heterocycles. The second-order valence-electron chi connectivity index (χ2n) is 7.17. The normalized spacial score (nSPS) is 11.6. The molecule has 0 saturated carbocycles. The van der Waals surface area contributed by atoms with Crippen LogP contribution in [0.3, 0.4) is 0 Å². The molecule has 30 heavy (non-hydrogen) atoms. The van der Waals surface area contributed by atoms with Crippen molar-refractivity contribution in [2.45, 2.75) is 26.4 Å². The molecule has 156 valence electrons. The Labute approximate surface area is 178 Å². The lowest BCUT2D eigenvalue weighted by molar-refractivity contribution is -0.114. The Morgan fingerprint density at radius 2 is 1.67 bits per heavy atom. The van der Waals surface area contributed by atoms with Crippen molar-refractivity contribution in [2.75, 3.05) is 19.5 Å². The van der Waals surface area contributed by atoms with Gasteiger partial charge in [0.15, 0.2) is 0 Å². The lowest BCUT2D eigenvalue weighted by Crippen LogP contribution is -2.18. The lowest BCUT2D eigenvalue weighted by Gasteiger charge is -2.17. The molecule has 0 bridgehead atoms. The number of anilines is 1. The average Bonchev–Trinajstić information content (AvgIpc) is 2.78. The largest absolute Gasteiger partial charge is 0.497 e. The zero-order valence-electron chi connectivity index (χ0n) is 17.9. The second kappa shape index (κ2) is 9.94. The van der Waals surface area contributed by atoms with E-state index in [-0.39, 0.29) is 11.9 Å². The van der Waals surface area contributed by atoms with E-state index in [4.69, 9.17) is 9.47 Å². The molecular formula is C25H28N2O3. The summed E-state index contributed by atoms with van der Waals surface area (Å²) in [5.41, 5.74) is 5.07. The number of benzene rings is 3. The van der Waals surface area contributed by atoms with Crippen LogP contribution < -0.4 is 20.1 Å². The van der Waals surface area contributed by atoms with Crippen molar-refractivity contribution >= 4 is 11.6 Å². The molecule has 0 aliphatic carbocycles. The quantitative estimate of drug-likeness (QED) is 0.543. The molecule has 0 radical (unpaired) electrons. The van der Waals surface area contributed by atoms with Gasteiger partial charge in [-0.15, -0.1) is 0 Å². The predicted octanol–water partition coefficient (Wildman–Crippen LogP) is 5.18. The maximum absolute atomic E-state index is 11.7. The molecule has 1 atom stereocenters. The van der Waals surface area contributed by atoms with Crippen molar-refractivity contribution in [3.63, 3.8) is 0 Å². The second-order valence-corrected chi connectivity index (χ2v) is 7.17. The molecule has 0 saturated heterocycles. The standard InChI is InChI=1S/C25H28N2O3/c1-17(21-6-5-7-23(15-21)30-4)26-16-19-8-13-25(27-18(2)28)24(14-19)20-9-11-22(29-3)12-10-20/h5-15,17,26H,16H2,1-4H3,(H,27,28). The minimum absolute atomic E-state index is 0.0951. The van der Waals surface area contributed by atoms with Crippen LogP contribution in [0.2, 0.25) is 0 Å². The molecular weight excluding hydrogens is 376 g/mol. The number of hydrogen-bond donors (Lipinski definition) is 2. The van der Waals surface area contributed by atoms with Gasteiger partial charge >= 0.3 is 0 Å². The molecule has 1 unspecified atom stereocenters. The van der Waals surface area contributed by atoms with E-state index >= 15 is 0 Å². The van der Waals surface area contributed by atoms with Crippen LogP contribution >= 0.6 is 0 Å². The Balaban J connectivity index is 1.81. The van der Waals surface area contributed by atoms with Crippen molar-refractivity contribution in [3.8, 4) is 22.6 Å². The van der Waals surface area contributed by atoms with Gasteiger partial charge in [-0.3, -0.25) is 4.79 Å². The number of hydrogen-bond acceptors (Lipinski definition) is 4. The van der Waals surface area contributed by atoms with E-state index in [9.17, 15) is 4.79 Å². The summed E-state index contributed by atoms with van der Waals surface area (Å²) >= 11 is 0. The average molecular weight is 405 g/mol. The van der Waals surface area contributed by atoms with Gasteiger partial charge in [0.1, 0.15) is 11.5 Å². The molecule has 5 nitrogen and oxygen atoms in total. The van der Waals surface area contributed by atoms with E-state index in [0.29, 0.717) is 6.54 Å². The highest BCUT2D eigenvalue weighted by atomic mass is 16.5. The van der Waals surface area contributed by atoms with Gasteiger partial charge < -0.3 is 20.1 Å². The third-order valence-corrected chi connectivity index (χ3v) is 5.00. The van der Waals surface area contributed by atoms with Crippen LogP contribution in [0.5, 0.6) is 11.5 Å². The molecule has 5 heteroatoms. The van der Waals surface area contributed by atoms with E-state index in [1.807, 2.05) is 54.6 Å². The van der Waals surface area contributed by atoms with E-state index in [0.717, 1.165) is 33.9 Å². The smallest absolute Gasteiger partial charge is 0.221 e. The summed E-state index contributed by atoms with van der Waals surface area (Å²) in [7, 11) is 3.32. The fraction of sp³-hybridized carbons (Fsp3) is 0.240. The number of rotatable bonds is 8. The van der Waals surface area contributed by atoms with Crippen LogP contribution in [-0.4, -0.2) is 20.1 Å². The lowest BCUT2D eigenvalue weighted by atomic mass is 10.00. The van der Waals surface area contributed by atoms with E-state index in [2.05, 4.69) is 29.7 Å². The third kappa shape index (κ3) is 5.39. The molecule has 0 spiro atoms. The van der Waals surface area contributed by atoms with Crippen molar-refractivity contribution < 1.29 is 14.3 Å². The molecule has 0 aliphatic rings. The fourth-order valence-corrected chi connectivity index (χ4v) is 3.31. The van der Waals surface area contributed by atoms with Crippen LogP contribution in [0.4, 0.5) is 5.69 Å². The minimum atomic E-state index is -0.0951. The van der Waals surface area contributed by atoms with Gasteiger partial charge in [-0.1, -0.05) is 30.3 Å². The van der Waals surface area contributed by atoms with Gasteiger partial charge in [0.2, 0.25) is 5.91 Å². The number of carbonyl (C=O) groups is 1. The summed E-state index contributed by atoms with van der Waals surface area (Å²) in [6, 6.07) is 22.2. The number of nitrogens with one attached hydrogen (secondary N) is 2. The van der Waals surface area contributed by atoms with Crippen LogP contribution in [-0.2, 0) is 11.3 Å². The van der Waals surface area contributed by atoms with Gasteiger partial charge in [-0.25, -0.2) is 0 Å². The maximum atomic E-state index is 11.7. The van der Waals surface area contributed by atoms with Crippen LogP contribution in [0, 0.1) is 0 Å². The minimum Gasteiger partial charge on any atom is -0.497 e. The Bertz CT molecular complexity index is 1000.